The van der Waals surface area contributed by atoms with Gasteiger partial charge < -0.3 is 0 Å². The Morgan fingerprint density at radius 1 is 0.231 bits per heavy atom. The average molecular weight is 693 g/mol. The van der Waals surface area contributed by atoms with Crippen molar-refractivity contribution in [2.45, 2.75) is 0 Å². The van der Waals surface area contributed by atoms with Gasteiger partial charge in [0.05, 0.1) is 46.6 Å². The van der Waals surface area contributed by atoms with Crippen molar-refractivity contribution >= 4 is 43.1 Å². The van der Waals surface area contributed by atoms with Gasteiger partial charge in [-0.15, -0.1) is 0 Å². The third-order valence-electron chi connectivity index (χ3n) is 8.06. The number of benzene rings is 10. The lowest BCUT2D eigenvalue weighted by Gasteiger charge is -2.20. The van der Waals surface area contributed by atoms with E-state index in [2.05, 4.69) is 0 Å². The quantitative estimate of drug-likeness (QED) is 0.158. The Bertz CT molecular complexity index is 4840. The summed E-state index contributed by atoms with van der Waals surface area (Å²) in [7, 11) is 0. The highest BCUT2D eigenvalue weighted by Crippen LogP contribution is 2.47. The highest BCUT2D eigenvalue weighted by Gasteiger charge is 2.19. The Morgan fingerprint density at radius 2 is 0.712 bits per heavy atom. The highest BCUT2D eigenvalue weighted by molar-refractivity contribution is 6.24. The molecule has 0 amide bonds. The molecule has 0 bridgehead atoms. The summed E-state index contributed by atoms with van der Waals surface area (Å²) in [6.07, 6.45) is 0. The monoisotopic (exact) mass is 692 g/mol. The minimum Gasteiger partial charge on any atom is -0.0622 e. The molecular weight excluding hydrogens is 625 g/mol. The van der Waals surface area contributed by atoms with Crippen molar-refractivity contribution in [2.24, 2.45) is 0 Å². The molecule has 10 aromatic carbocycles. The summed E-state index contributed by atoms with van der Waals surface area (Å²) in [4.78, 5) is 0. The van der Waals surface area contributed by atoms with Crippen molar-refractivity contribution < 1.29 is 46.6 Å². The van der Waals surface area contributed by atoms with E-state index in [4.69, 9.17) is 26.0 Å². The Balaban J connectivity index is 1.54. The Hall–Kier alpha value is -6.76. The molecule has 0 fully saturated rings. The normalized spacial score (nSPS) is 20.6. The van der Waals surface area contributed by atoms with Crippen molar-refractivity contribution in [1.29, 1.82) is 0 Å². The molecule has 0 heteroatoms. The van der Waals surface area contributed by atoms with Crippen LogP contribution in [0, 0.1) is 0 Å². The van der Waals surface area contributed by atoms with E-state index in [1.54, 1.807) is 0 Å². The van der Waals surface area contributed by atoms with Gasteiger partial charge >= 0.3 is 0 Å². The number of rotatable bonds is 5. The fraction of sp³-hybridized carbons (Fsp3) is 0. The van der Waals surface area contributed by atoms with Crippen LogP contribution in [0.25, 0.3) is 98.7 Å². The molecule has 242 valence electrons. The Labute approximate surface area is 351 Å². The average Bonchev–Trinajstić information content (AvgIpc) is 0.722. The predicted octanol–water partition coefficient (Wildman–Crippen LogP) is 14.6. The third kappa shape index (κ3) is 5.16. The zero-order chi connectivity index (χ0) is 64.0. The number of hydrogen-bond donors (Lipinski definition) is 0. The summed E-state index contributed by atoms with van der Waals surface area (Å²) in [6, 6.07) is -36.1. The molecule has 10 rings (SSSR count). The van der Waals surface area contributed by atoms with Crippen molar-refractivity contribution in [1.82, 2.24) is 0 Å². The maximum absolute atomic E-state index is 10.3. The van der Waals surface area contributed by atoms with Gasteiger partial charge in [-0.05, 0) is 117 Å². The van der Waals surface area contributed by atoms with E-state index < -0.39 is 304 Å². The first-order valence-electron chi connectivity index (χ1n) is 32.2. The van der Waals surface area contributed by atoms with Crippen LogP contribution >= 0.6 is 0 Å². The van der Waals surface area contributed by atoms with Gasteiger partial charge in [0.15, 0.2) is 0 Å². The Morgan fingerprint density at radius 3 is 1.52 bits per heavy atom. The molecule has 0 nitrogen and oxygen atoms in total. The Kier molecular flexibility index (Phi) is 2.74. The van der Waals surface area contributed by atoms with Gasteiger partial charge in [0, 0.05) is 0 Å². The second kappa shape index (κ2) is 12.5. The smallest absolute Gasteiger partial charge is 0.0622 e. The molecule has 0 spiro atoms. The van der Waals surface area contributed by atoms with Crippen LogP contribution in [0.1, 0.15) is 46.6 Å². The zero-order valence-corrected chi connectivity index (χ0v) is 26.0. The molecule has 52 heavy (non-hydrogen) atoms. The van der Waals surface area contributed by atoms with Crippen molar-refractivity contribution in [3.8, 4) is 55.6 Å². The predicted molar refractivity (Wildman–Crippen MR) is 224 cm³/mol. The molecule has 0 saturated carbocycles. The molecule has 10 aromatic rings. The minimum atomic E-state index is -1.26. The van der Waals surface area contributed by atoms with Gasteiger partial charge in [0.2, 0.25) is 0 Å². The van der Waals surface area contributed by atoms with Crippen molar-refractivity contribution in [2.75, 3.05) is 0 Å². The minimum absolute atomic E-state index is 0.660. The summed E-state index contributed by atoms with van der Waals surface area (Å²) in [5.41, 5.74) is -9.49. The van der Waals surface area contributed by atoms with Gasteiger partial charge in [0.25, 0.3) is 0 Å². The summed E-state index contributed by atoms with van der Waals surface area (Å²) in [5, 5.41) is -6.69. The van der Waals surface area contributed by atoms with Gasteiger partial charge in [-0.1, -0.05) is 187 Å². The van der Waals surface area contributed by atoms with E-state index in [9.17, 15) is 20.6 Å². The summed E-state index contributed by atoms with van der Waals surface area (Å²) < 4.78 is 309. The number of hydrogen-bond acceptors (Lipinski definition) is 0. The van der Waals surface area contributed by atoms with Crippen LogP contribution in [0.3, 0.4) is 0 Å². The van der Waals surface area contributed by atoms with Crippen LogP contribution in [0.15, 0.2) is 205 Å². The molecule has 0 aliphatic rings. The number of fused-ring (bicyclic) bond motifs is 4. The van der Waals surface area contributed by atoms with Crippen molar-refractivity contribution in [3.05, 3.63) is 205 Å². The first kappa shape index (κ1) is 11.4. The van der Waals surface area contributed by atoms with Crippen molar-refractivity contribution in [3.63, 3.8) is 0 Å². The van der Waals surface area contributed by atoms with Crippen LogP contribution in [0.4, 0.5) is 0 Å². The van der Waals surface area contributed by atoms with Gasteiger partial charge in [0.1, 0.15) is 0 Å². The van der Waals surface area contributed by atoms with E-state index in [-0.39, 0.29) is 0 Å². The van der Waals surface area contributed by atoms with Crippen LogP contribution in [0.2, 0.25) is 0 Å². The van der Waals surface area contributed by atoms with E-state index >= 15 is 0 Å². The van der Waals surface area contributed by atoms with Crippen LogP contribution < -0.4 is 0 Å². The summed E-state index contributed by atoms with van der Waals surface area (Å²) >= 11 is 0. The molecule has 0 saturated heterocycles. The SMILES string of the molecule is [2H]c1c([2H])c([2H])c(-c2c([2H])c([2H])c(-c3c([2H])c([2H])c([2H])c(-c4c5c([2H])c([2H])c([2H])c([2H])c5c(-c5c([2H])c([2H])c([2H])c6c([2H])c([2H])c([2H])c([2H])c56)c5c([2H])c([2H])c(-c6c([2H])c([2H])c7c([2H])c([2H])c([2H])c([2H])c7c6[2H])c([2H])c45)c3[2H])c([2H])c2[2H])c([2H])c1[2H]. The van der Waals surface area contributed by atoms with E-state index in [0.717, 1.165) is 0 Å². The van der Waals surface area contributed by atoms with E-state index in [0.29, 0.717) is 0 Å². The molecule has 0 aromatic heterocycles. The largest absolute Gasteiger partial charge is 0.0636 e. The molecule has 0 radical (unpaired) electrons. The van der Waals surface area contributed by atoms with Crippen LogP contribution in [-0.2, 0) is 0 Å². The molecule has 0 heterocycles. The maximum Gasteiger partial charge on any atom is 0.0636 e. The molecule has 0 atom stereocenters. The standard InChI is InChI=1S/C52H34/c1-2-12-35(13-3-1)37-24-26-38(27-25-37)41-18-10-19-44(33-41)51-47-21-8-9-22-48(47)52(46-23-11-17-39-15-6-7-20-45(39)46)49-31-30-43(34-50(49)51)42-29-28-36-14-4-5-16-40(36)32-42/h1-34H/i1D,2D,3D,4D,5D,6D,7D,8D,9D,10D,11D,12D,13D,14D,15D,16D,17D,18D,19D,20D,21D,22D,23D,24D,25D,26D,27D,28D,29D,30D,31D,32D,33D,34D. The first-order chi connectivity index (χ1) is 40.0. The van der Waals surface area contributed by atoms with Gasteiger partial charge in [-0.2, -0.15) is 0 Å². The maximum atomic E-state index is 10.3. The highest BCUT2D eigenvalue weighted by atomic mass is 14.2. The second-order valence-electron chi connectivity index (χ2n) is 11.0. The lowest BCUT2D eigenvalue weighted by Crippen LogP contribution is -1.93. The topological polar surface area (TPSA) is 0 Å². The van der Waals surface area contributed by atoms with Gasteiger partial charge in [-0.25, -0.2) is 0 Å². The van der Waals surface area contributed by atoms with Gasteiger partial charge in [-0.3, -0.25) is 0 Å². The van der Waals surface area contributed by atoms with E-state index in [1.165, 1.54) is 0 Å². The summed E-state index contributed by atoms with van der Waals surface area (Å²) in [6.45, 7) is 0. The molecule has 0 unspecified atom stereocenters. The molecule has 0 aliphatic carbocycles. The zero-order valence-electron chi connectivity index (χ0n) is 60.0. The fourth-order valence-corrected chi connectivity index (χ4v) is 5.78. The lowest BCUT2D eigenvalue weighted by atomic mass is 9.83. The fourth-order valence-electron chi connectivity index (χ4n) is 5.78. The molecular formula is C52H34. The van der Waals surface area contributed by atoms with Crippen LogP contribution in [0.5, 0.6) is 0 Å². The van der Waals surface area contributed by atoms with Crippen LogP contribution in [-0.4, -0.2) is 0 Å². The lowest BCUT2D eigenvalue weighted by molar-refractivity contribution is 1.58. The first-order valence-corrected chi connectivity index (χ1v) is 15.2. The third-order valence-corrected chi connectivity index (χ3v) is 8.06. The molecule has 0 aliphatic heterocycles. The second-order valence-corrected chi connectivity index (χ2v) is 11.0. The molecule has 0 N–H and O–H groups in total. The van der Waals surface area contributed by atoms with E-state index in [1.807, 2.05) is 0 Å². The summed E-state index contributed by atoms with van der Waals surface area (Å²) in [5.74, 6) is 0.